The van der Waals surface area contributed by atoms with E-state index in [4.69, 9.17) is 11.6 Å². The minimum absolute atomic E-state index is 0.206. The van der Waals surface area contributed by atoms with Crippen molar-refractivity contribution in [2.45, 2.75) is 32.4 Å². The van der Waals surface area contributed by atoms with E-state index < -0.39 is 0 Å². The number of benzene rings is 2. The molecule has 0 aromatic heterocycles. The average Bonchev–Trinajstić information content (AvgIpc) is 3.21. The molecule has 0 spiro atoms. The maximum absolute atomic E-state index is 13.2. The van der Waals surface area contributed by atoms with Crippen molar-refractivity contribution in [1.29, 1.82) is 0 Å². The first kappa shape index (κ1) is 13.6. The fraction of sp³-hybridized carbons (Fsp3) is 0.294. The van der Waals surface area contributed by atoms with Gasteiger partial charge in [0.05, 0.1) is 0 Å². The van der Waals surface area contributed by atoms with Crippen LogP contribution in [-0.4, -0.2) is 6.04 Å². The average molecular weight is 290 g/mol. The summed E-state index contributed by atoms with van der Waals surface area (Å²) in [4.78, 5) is 0. The smallest absolute Gasteiger partial charge is 0.123 e. The second-order valence-corrected chi connectivity index (χ2v) is 5.83. The van der Waals surface area contributed by atoms with Gasteiger partial charge in [0, 0.05) is 17.6 Å². The van der Waals surface area contributed by atoms with E-state index in [0.717, 1.165) is 33.8 Å². The lowest BCUT2D eigenvalue weighted by molar-refractivity contribution is 0.627. The standard InChI is InChI=1S/C17H17ClFN/c1-11-8-14(19)4-7-16(11)12-2-3-13(17(18)9-12)10-20-15-5-6-15/h2-4,7-9,15,20H,5-6,10H2,1H3. The summed E-state index contributed by atoms with van der Waals surface area (Å²) in [5.74, 6) is -0.206. The zero-order valence-electron chi connectivity index (χ0n) is 11.4. The Labute approximate surface area is 123 Å². The van der Waals surface area contributed by atoms with Gasteiger partial charge in [0.1, 0.15) is 5.82 Å². The highest BCUT2D eigenvalue weighted by Gasteiger charge is 2.20. The molecule has 0 atom stereocenters. The molecule has 0 heterocycles. The van der Waals surface area contributed by atoms with Gasteiger partial charge in [-0.25, -0.2) is 4.39 Å². The van der Waals surface area contributed by atoms with Crippen LogP contribution in [0, 0.1) is 12.7 Å². The number of rotatable bonds is 4. The van der Waals surface area contributed by atoms with Crippen LogP contribution < -0.4 is 5.32 Å². The maximum Gasteiger partial charge on any atom is 0.123 e. The fourth-order valence-corrected chi connectivity index (χ4v) is 2.60. The number of nitrogens with one attached hydrogen (secondary N) is 1. The summed E-state index contributed by atoms with van der Waals surface area (Å²) in [7, 11) is 0. The van der Waals surface area contributed by atoms with E-state index in [-0.39, 0.29) is 5.82 Å². The molecule has 0 saturated heterocycles. The van der Waals surface area contributed by atoms with Crippen LogP contribution in [0.25, 0.3) is 11.1 Å². The Hall–Kier alpha value is -1.38. The molecule has 20 heavy (non-hydrogen) atoms. The zero-order valence-corrected chi connectivity index (χ0v) is 12.2. The summed E-state index contributed by atoms with van der Waals surface area (Å²) in [6, 6.07) is 11.6. The molecule has 3 heteroatoms. The lowest BCUT2D eigenvalue weighted by Gasteiger charge is -2.10. The molecule has 104 valence electrons. The first-order chi connectivity index (χ1) is 9.63. The maximum atomic E-state index is 13.2. The Bertz CT molecular complexity index is 635. The third kappa shape index (κ3) is 3.02. The van der Waals surface area contributed by atoms with Crippen LogP contribution in [0.1, 0.15) is 24.0 Å². The van der Waals surface area contributed by atoms with Gasteiger partial charge < -0.3 is 5.32 Å². The second kappa shape index (κ2) is 5.55. The van der Waals surface area contributed by atoms with Gasteiger partial charge >= 0.3 is 0 Å². The van der Waals surface area contributed by atoms with Gasteiger partial charge in [-0.2, -0.15) is 0 Å². The molecule has 1 fully saturated rings. The summed E-state index contributed by atoms with van der Waals surface area (Å²) in [5, 5.41) is 4.22. The number of hydrogen-bond donors (Lipinski definition) is 1. The number of halogens is 2. The molecule has 2 aromatic carbocycles. The molecule has 1 aliphatic rings. The van der Waals surface area contributed by atoms with Crippen molar-refractivity contribution in [3.05, 3.63) is 58.4 Å². The van der Waals surface area contributed by atoms with Crippen molar-refractivity contribution in [2.75, 3.05) is 0 Å². The van der Waals surface area contributed by atoms with Gasteiger partial charge in [-0.15, -0.1) is 0 Å². The summed E-state index contributed by atoms with van der Waals surface area (Å²) < 4.78 is 13.2. The molecule has 1 N–H and O–H groups in total. The van der Waals surface area contributed by atoms with E-state index in [2.05, 4.69) is 17.4 Å². The Balaban J connectivity index is 1.84. The second-order valence-electron chi connectivity index (χ2n) is 5.42. The monoisotopic (exact) mass is 289 g/mol. The molecular formula is C17H17ClFN. The van der Waals surface area contributed by atoms with Crippen molar-refractivity contribution >= 4 is 11.6 Å². The number of hydrogen-bond acceptors (Lipinski definition) is 1. The van der Waals surface area contributed by atoms with Crippen molar-refractivity contribution in [3.63, 3.8) is 0 Å². The van der Waals surface area contributed by atoms with Crippen LogP contribution in [0.2, 0.25) is 5.02 Å². The van der Waals surface area contributed by atoms with Crippen molar-refractivity contribution in [1.82, 2.24) is 5.32 Å². The zero-order chi connectivity index (χ0) is 14.1. The first-order valence-electron chi connectivity index (χ1n) is 6.92. The molecule has 0 bridgehead atoms. The van der Waals surface area contributed by atoms with Crippen LogP contribution in [0.15, 0.2) is 36.4 Å². The molecular weight excluding hydrogens is 273 g/mol. The Kier molecular flexibility index (Phi) is 3.77. The third-order valence-corrected chi connectivity index (χ3v) is 4.06. The van der Waals surface area contributed by atoms with E-state index in [1.54, 1.807) is 12.1 Å². The van der Waals surface area contributed by atoms with E-state index in [0.29, 0.717) is 6.04 Å². The summed E-state index contributed by atoms with van der Waals surface area (Å²) in [6.07, 6.45) is 2.54. The highest BCUT2D eigenvalue weighted by Crippen LogP contribution is 2.29. The van der Waals surface area contributed by atoms with Gasteiger partial charge in [-0.1, -0.05) is 29.8 Å². The van der Waals surface area contributed by atoms with Crippen LogP contribution in [-0.2, 0) is 6.54 Å². The van der Waals surface area contributed by atoms with Crippen molar-refractivity contribution in [3.8, 4) is 11.1 Å². The Morgan fingerprint density at radius 1 is 1.20 bits per heavy atom. The van der Waals surface area contributed by atoms with Gasteiger partial charge in [0.25, 0.3) is 0 Å². The third-order valence-electron chi connectivity index (χ3n) is 3.71. The summed E-state index contributed by atoms with van der Waals surface area (Å²) in [5.41, 5.74) is 4.09. The van der Waals surface area contributed by atoms with E-state index in [9.17, 15) is 4.39 Å². The first-order valence-corrected chi connectivity index (χ1v) is 7.29. The van der Waals surface area contributed by atoms with Crippen LogP contribution in [0.3, 0.4) is 0 Å². The summed E-state index contributed by atoms with van der Waals surface area (Å²) >= 11 is 6.35. The molecule has 1 aliphatic carbocycles. The normalized spacial score (nSPS) is 14.6. The quantitative estimate of drug-likeness (QED) is 0.860. The topological polar surface area (TPSA) is 12.0 Å². The van der Waals surface area contributed by atoms with Gasteiger partial charge in [0.15, 0.2) is 0 Å². The molecule has 0 amide bonds. The Morgan fingerprint density at radius 3 is 2.65 bits per heavy atom. The molecule has 3 rings (SSSR count). The minimum Gasteiger partial charge on any atom is -0.310 e. The molecule has 0 unspecified atom stereocenters. The van der Waals surface area contributed by atoms with Crippen molar-refractivity contribution < 1.29 is 4.39 Å². The molecule has 1 nitrogen and oxygen atoms in total. The van der Waals surface area contributed by atoms with E-state index in [1.165, 1.54) is 18.9 Å². The van der Waals surface area contributed by atoms with Crippen LogP contribution >= 0.6 is 11.6 Å². The Morgan fingerprint density at radius 2 is 2.00 bits per heavy atom. The molecule has 0 aliphatic heterocycles. The van der Waals surface area contributed by atoms with E-state index >= 15 is 0 Å². The van der Waals surface area contributed by atoms with Crippen LogP contribution in [0.5, 0.6) is 0 Å². The molecule has 0 radical (unpaired) electrons. The van der Waals surface area contributed by atoms with Crippen LogP contribution in [0.4, 0.5) is 4.39 Å². The van der Waals surface area contributed by atoms with Crippen molar-refractivity contribution in [2.24, 2.45) is 0 Å². The van der Waals surface area contributed by atoms with Gasteiger partial charge in [-0.05, 0) is 60.2 Å². The van der Waals surface area contributed by atoms with E-state index in [1.807, 2.05) is 13.0 Å². The predicted octanol–water partition coefficient (Wildman–Crippen LogP) is 4.71. The number of aryl methyl sites for hydroxylation is 1. The minimum atomic E-state index is -0.206. The largest absolute Gasteiger partial charge is 0.310 e. The summed E-state index contributed by atoms with van der Waals surface area (Å²) in [6.45, 7) is 2.72. The highest BCUT2D eigenvalue weighted by molar-refractivity contribution is 6.31. The predicted molar refractivity (Wildman–Crippen MR) is 81.4 cm³/mol. The molecule has 1 saturated carbocycles. The molecule has 2 aromatic rings. The highest BCUT2D eigenvalue weighted by atomic mass is 35.5. The van der Waals surface area contributed by atoms with Gasteiger partial charge in [-0.3, -0.25) is 0 Å². The lowest BCUT2D eigenvalue weighted by Crippen LogP contribution is -2.15. The SMILES string of the molecule is Cc1cc(F)ccc1-c1ccc(CNC2CC2)c(Cl)c1. The lowest BCUT2D eigenvalue weighted by atomic mass is 9.99. The fourth-order valence-electron chi connectivity index (χ4n) is 2.35. The van der Waals surface area contributed by atoms with Gasteiger partial charge in [0.2, 0.25) is 0 Å².